The minimum Gasteiger partial charge on any atom is -0.356 e. The quantitative estimate of drug-likeness (QED) is 0.702. The molecule has 0 unspecified atom stereocenters. The van der Waals surface area contributed by atoms with Crippen LogP contribution in [0.3, 0.4) is 0 Å². The maximum Gasteiger partial charge on any atom is 0.243 e. The van der Waals surface area contributed by atoms with E-state index in [1.54, 1.807) is 0 Å². The van der Waals surface area contributed by atoms with Crippen LogP contribution in [0.15, 0.2) is 53.4 Å². The molecule has 156 valence electrons. The summed E-state index contributed by atoms with van der Waals surface area (Å²) in [7, 11) is -3.65. The summed E-state index contributed by atoms with van der Waals surface area (Å²) in [6, 6.07) is 13.2. The molecular formula is C22H27FN2O3S. The number of halogens is 1. The van der Waals surface area contributed by atoms with E-state index in [1.807, 2.05) is 0 Å². The van der Waals surface area contributed by atoms with Gasteiger partial charge in [-0.05, 0) is 62.4 Å². The van der Waals surface area contributed by atoms with E-state index in [0.29, 0.717) is 32.5 Å². The molecule has 1 N–H and O–H groups in total. The summed E-state index contributed by atoms with van der Waals surface area (Å²) in [5, 5.41) is 2.98. The van der Waals surface area contributed by atoms with Crippen molar-refractivity contribution in [3.05, 3.63) is 65.5 Å². The Kier molecular flexibility index (Phi) is 7.03. The summed E-state index contributed by atoms with van der Waals surface area (Å²) < 4.78 is 39.7. The molecule has 7 heteroatoms. The van der Waals surface area contributed by atoms with Crippen LogP contribution in [0.5, 0.6) is 0 Å². The number of nitrogens with one attached hydrogen (secondary N) is 1. The molecule has 2 aromatic carbocycles. The molecule has 1 amide bonds. The van der Waals surface area contributed by atoms with Gasteiger partial charge in [-0.2, -0.15) is 4.31 Å². The number of hydrogen-bond donors (Lipinski definition) is 1. The standard InChI is InChI=1S/C22H27FN2O3S/c1-17-4-6-18(7-5-17)3-2-14-24-22(26)19-12-15-25(16-13-19)29(27,28)21-10-8-20(23)9-11-21/h4-11,19H,2-3,12-16H2,1H3,(H,24,26). The molecule has 1 aliphatic heterocycles. The highest BCUT2D eigenvalue weighted by Crippen LogP contribution is 2.24. The third-order valence-electron chi connectivity index (χ3n) is 5.34. The predicted octanol–water partition coefficient (Wildman–Crippen LogP) is 3.28. The number of amides is 1. The third kappa shape index (κ3) is 5.64. The van der Waals surface area contributed by atoms with Crippen molar-refractivity contribution < 1.29 is 17.6 Å². The van der Waals surface area contributed by atoms with Gasteiger partial charge in [-0.1, -0.05) is 29.8 Å². The monoisotopic (exact) mass is 418 g/mol. The molecule has 0 aromatic heterocycles. The minimum absolute atomic E-state index is 0.00673. The largest absolute Gasteiger partial charge is 0.356 e. The van der Waals surface area contributed by atoms with Crippen LogP contribution in [-0.4, -0.2) is 38.3 Å². The highest BCUT2D eigenvalue weighted by atomic mass is 32.2. The van der Waals surface area contributed by atoms with E-state index in [1.165, 1.54) is 27.6 Å². The number of nitrogens with zero attached hydrogens (tertiary/aromatic N) is 1. The van der Waals surface area contributed by atoms with Crippen molar-refractivity contribution in [2.75, 3.05) is 19.6 Å². The second kappa shape index (κ2) is 9.50. The number of rotatable bonds is 7. The summed E-state index contributed by atoms with van der Waals surface area (Å²) >= 11 is 0. The van der Waals surface area contributed by atoms with E-state index >= 15 is 0 Å². The third-order valence-corrected chi connectivity index (χ3v) is 7.25. The molecule has 5 nitrogen and oxygen atoms in total. The first-order valence-corrected chi connectivity index (χ1v) is 11.4. The lowest BCUT2D eigenvalue weighted by Gasteiger charge is -2.30. The Balaban J connectivity index is 1.43. The van der Waals surface area contributed by atoms with E-state index in [9.17, 15) is 17.6 Å². The predicted molar refractivity (Wildman–Crippen MR) is 110 cm³/mol. The first kappa shape index (κ1) is 21.5. The molecule has 1 heterocycles. The van der Waals surface area contributed by atoms with Crippen LogP contribution in [0.4, 0.5) is 4.39 Å². The lowest BCUT2D eigenvalue weighted by atomic mass is 9.97. The molecule has 1 fully saturated rings. The molecule has 1 saturated heterocycles. The van der Waals surface area contributed by atoms with Crippen molar-refractivity contribution in [3.63, 3.8) is 0 Å². The summed E-state index contributed by atoms with van der Waals surface area (Å²) in [5.41, 5.74) is 2.49. The Morgan fingerprint density at radius 3 is 2.31 bits per heavy atom. The molecule has 0 radical (unpaired) electrons. The van der Waals surface area contributed by atoms with Gasteiger partial charge in [-0.25, -0.2) is 12.8 Å². The molecular weight excluding hydrogens is 391 g/mol. The van der Waals surface area contributed by atoms with Gasteiger partial charge in [0.05, 0.1) is 4.90 Å². The second-order valence-corrected chi connectivity index (χ2v) is 9.45. The Bertz CT molecular complexity index is 920. The van der Waals surface area contributed by atoms with Crippen LogP contribution < -0.4 is 5.32 Å². The van der Waals surface area contributed by atoms with Gasteiger partial charge in [0.25, 0.3) is 0 Å². The molecule has 0 aliphatic carbocycles. The fourth-order valence-corrected chi connectivity index (χ4v) is 4.99. The zero-order chi connectivity index (χ0) is 20.9. The first-order valence-electron chi connectivity index (χ1n) is 9.95. The normalized spacial score (nSPS) is 15.9. The Morgan fingerprint density at radius 1 is 1.07 bits per heavy atom. The van der Waals surface area contributed by atoms with Crippen molar-refractivity contribution in [2.24, 2.45) is 5.92 Å². The van der Waals surface area contributed by atoms with Crippen molar-refractivity contribution in [3.8, 4) is 0 Å². The van der Waals surface area contributed by atoms with Crippen LogP contribution in [0.25, 0.3) is 0 Å². The van der Waals surface area contributed by atoms with E-state index < -0.39 is 15.8 Å². The van der Waals surface area contributed by atoms with Gasteiger partial charge in [0.1, 0.15) is 5.82 Å². The molecule has 2 aromatic rings. The van der Waals surface area contributed by atoms with Crippen LogP contribution in [-0.2, 0) is 21.2 Å². The Labute approximate surface area is 172 Å². The average molecular weight is 419 g/mol. The van der Waals surface area contributed by atoms with Gasteiger partial charge < -0.3 is 5.32 Å². The van der Waals surface area contributed by atoms with Gasteiger partial charge in [0.15, 0.2) is 0 Å². The number of carbonyl (C=O) groups is 1. The lowest BCUT2D eigenvalue weighted by molar-refractivity contribution is -0.126. The molecule has 29 heavy (non-hydrogen) atoms. The molecule has 0 saturated carbocycles. The molecule has 1 aliphatic rings. The Morgan fingerprint density at radius 2 is 1.69 bits per heavy atom. The number of aryl methyl sites for hydroxylation is 2. The van der Waals surface area contributed by atoms with Crippen LogP contribution in [0, 0.1) is 18.7 Å². The number of carbonyl (C=O) groups excluding carboxylic acids is 1. The molecule has 3 rings (SSSR count). The molecule has 0 atom stereocenters. The average Bonchev–Trinajstić information content (AvgIpc) is 2.73. The number of hydrogen-bond acceptors (Lipinski definition) is 3. The maximum absolute atomic E-state index is 13.0. The zero-order valence-electron chi connectivity index (χ0n) is 16.6. The van der Waals surface area contributed by atoms with Gasteiger partial charge in [-0.3, -0.25) is 4.79 Å². The van der Waals surface area contributed by atoms with E-state index in [4.69, 9.17) is 0 Å². The van der Waals surface area contributed by atoms with Gasteiger partial charge in [0.2, 0.25) is 15.9 Å². The molecule has 0 bridgehead atoms. The number of sulfonamides is 1. The number of piperidine rings is 1. The van der Waals surface area contributed by atoms with Gasteiger partial charge >= 0.3 is 0 Å². The minimum atomic E-state index is -3.65. The maximum atomic E-state index is 13.0. The summed E-state index contributed by atoms with van der Waals surface area (Å²) in [5.74, 6) is -0.650. The van der Waals surface area contributed by atoms with Crippen LogP contribution in [0.1, 0.15) is 30.4 Å². The van der Waals surface area contributed by atoms with Gasteiger partial charge in [-0.15, -0.1) is 0 Å². The van der Waals surface area contributed by atoms with Crippen LogP contribution >= 0.6 is 0 Å². The summed E-state index contributed by atoms with van der Waals surface area (Å²) in [6.07, 6.45) is 2.76. The van der Waals surface area contributed by atoms with Crippen molar-refractivity contribution in [2.45, 2.75) is 37.5 Å². The highest BCUT2D eigenvalue weighted by molar-refractivity contribution is 7.89. The van der Waals surface area contributed by atoms with Gasteiger partial charge in [0, 0.05) is 25.6 Å². The van der Waals surface area contributed by atoms with Crippen molar-refractivity contribution in [1.82, 2.24) is 9.62 Å². The number of benzene rings is 2. The van der Waals surface area contributed by atoms with Crippen molar-refractivity contribution in [1.29, 1.82) is 0 Å². The topological polar surface area (TPSA) is 66.5 Å². The first-order chi connectivity index (χ1) is 13.9. The van der Waals surface area contributed by atoms with Crippen LogP contribution in [0.2, 0.25) is 0 Å². The summed E-state index contributed by atoms with van der Waals surface area (Å²) in [4.78, 5) is 12.5. The SMILES string of the molecule is Cc1ccc(CCCNC(=O)C2CCN(S(=O)(=O)c3ccc(F)cc3)CC2)cc1. The Hall–Kier alpha value is -2.25. The highest BCUT2D eigenvalue weighted by Gasteiger charge is 2.31. The van der Waals surface area contributed by atoms with E-state index in [0.717, 1.165) is 25.0 Å². The smallest absolute Gasteiger partial charge is 0.243 e. The van der Waals surface area contributed by atoms with E-state index in [-0.39, 0.29) is 16.7 Å². The lowest BCUT2D eigenvalue weighted by Crippen LogP contribution is -2.43. The molecule has 0 spiro atoms. The fraction of sp³-hybridized carbons (Fsp3) is 0.409. The fourth-order valence-electron chi connectivity index (χ4n) is 3.52. The van der Waals surface area contributed by atoms with E-state index in [2.05, 4.69) is 36.5 Å². The second-order valence-electron chi connectivity index (χ2n) is 7.51. The zero-order valence-corrected chi connectivity index (χ0v) is 17.4. The summed E-state index contributed by atoms with van der Waals surface area (Å²) in [6.45, 7) is 3.25. The van der Waals surface area contributed by atoms with Crippen molar-refractivity contribution >= 4 is 15.9 Å².